The normalized spacial score (nSPS) is 10.3. The Morgan fingerprint density at radius 3 is 2.65 bits per heavy atom. The molecule has 0 bridgehead atoms. The highest BCUT2D eigenvalue weighted by Crippen LogP contribution is 2.17. The summed E-state index contributed by atoms with van der Waals surface area (Å²) in [5, 5.41) is 5.39. The van der Waals surface area contributed by atoms with Gasteiger partial charge in [-0.1, -0.05) is 19.1 Å². The van der Waals surface area contributed by atoms with Crippen molar-refractivity contribution in [2.45, 2.75) is 26.3 Å². The first kappa shape index (κ1) is 19.4. The summed E-state index contributed by atoms with van der Waals surface area (Å²) in [7, 11) is 0. The molecular weight excluding hydrogens is 342 g/mol. The van der Waals surface area contributed by atoms with E-state index in [0.717, 1.165) is 30.2 Å². The molecule has 0 aromatic heterocycles. The average molecular weight is 362 g/mol. The fourth-order valence-electron chi connectivity index (χ4n) is 2.19. The Bertz CT molecular complexity index is 781. The lowest BCUT2D eigenvalue weighted by molar-refractivity contribution is -0.123. The van der Waals surface area contributed by atoms with Gasteiger partial charge < -0.3 is 15.4 Å². The third kappa shape index (κ3) is 6.16. The molecule has 0 fully saturated rings. The van der Waals surface area contributed by atoms with Crippen LogP contribution in [0.15, 0.2) is 42.5 Å². The van der Waals surface area contributed by atoms with Gasteiger partial charge in [0.15, 0.2) is 18.2 Å². The minimum Gasteiger partial charge on any atom is -0.481 e. The largest absolute Gasteiger partial charge is 0.481 e. The van der Waals surface area contributed by atoms with Gasteiger partial charge in [-0.05, 0) is 36.2 Å². The second-order valence-corrected chi connectivity index (χ2v) is 5.64. The summed E-state index contributed by atoms with van der Waals surface area (Å²) >= 11 is 0. The summed E-state index contributed by atoms with van der Waals surface area (Å²) in [5.74, 6) is -2.26. The van der Waals surface area contributed by atoms with Crippen molar-refractivity contribution in [3.63, 3.8) is 0 Å². The molecule has 0 aliphatic carbocycles. The summed E-state index contributed by atoms with van der Waals surface area (Å²) in [5.41, 5.74) is 1.43. The molecule has 0 heterocycles. The standard InChI is InChI=1S/C19H20F2N2O3/c1-2-4-18(24)23-15-6-3-5-13(9-15)11-22-19(25)12-26-17-10-14(20)7-8-16(17)21/h3,5-10H,2,4,11-12H2,1H3,(H,22,25)(H,23,24). The number of hydrogen-bond donors (Lipinski definition) is 2. The summed E-state index contributed by atoms with van der Waals surface area (Å²) in [6.45, 7) is 1.70. The van der Waals surface area contributed by atoms with Crippen LogP contribution in [0.25, 0.3) is 0 Å². The molecule has 0 spiro atoms. The van der Waals surface area contributed by atoms with Gasteiger partial charge >= 0.3 is 0 Å². The molecule has 0 radical (unpaired) electrons. The van der Waals surface area contributed by atoms with Crippen LogP contribution in [0.2, 0.25) is 0 Å². The monoisotopic (exact) mass is 362 g/mol. The van der Waals surface area contributed by atoms with Crippen LogP contribution in [0.1, 0.15) is 25.3 Å². The maximum atomic E-state index is 13.4. The van der Waals surface area contributed by atoms with E-state index in [1.807, 2.05) is 6.92 Å². The van der Waals surface area contributed by atoms with Crippen LogP contribution in [-0.4, -0.2) is 18.4 Å². The lowest BCUT2D eigenvalue weighted by atomic mass is 10.2. The van der Waals surface area contributed by atoms with Gasteiger partial charge in [-0.2, -0.15) is 0 Å². The van der Waals surface area contributed by atoms with Crippen LogP contribution in [0.4, 0.5) is 14.5 Å². The zero-order valence-electron chi connectivity index (χ0n) is 14.4. The minimum absolute atomic E-state index is 0.0702. The molecule has 0 saturated carbocycles. The summed E-state index contributed by atoms with van der Waals surface area (Å²) in [6, 6.07) is 9.85. The zero-order valence-corrected chi connectivity index (χ0v) is 14.4. The molecule has 0 aliphatic rings. The molecule has 26 heavy (non-hydrogen) atoms. The van der Waals surface area contributed by atoms with Crippen LogP contribution >= 0.6 is 0 Å². The molecule has 2 aromatic rings. The maximum Gasteiger partial charge on any atom is 0.258 e. The lowest BCUT2D eigenvalue weighted by Crippen LogP contribution is -2.28. The molecule has 0 aliphatic heterocycles. The van der Waals surface area contributed by atoms with Crippen molar-refractivity contribution < 1.29 is 23.1 Å². The maximum absolute atomic E-state index is 13.4. The average Bonchev–Trinajstić information content (AvgIpc) is 2.61. The number of rotatable bonds is 8. The molecule has 2 aromatic carbocycles. The number of amides is 2. The topological polar surface area (TPSA) is 67.4 Å². The SMILES string of the molecule is CCCC(=O)Nc1cccc(CNC(=O)COc2cc(F)ccc2F)c1. The molecule has 5 nitrogen and oxygen atoms in total. The third-order valence-corrected chi connectivity index (χ3v) is 3.43. The van der Waals surface area contributed by atoms with Crippen molar-refractivity contribution >= 4 is 17.5 Å². The van der Waals surface area contributed by atoms with Crippen LogP contribution < -0.4 is 15.4 Å². The van der Waals surface area contributed by atoms with Crippen molar-refractivity contribution in [1.29, 1.82) is 0 Å². The molecule has 138 valence electrons. The Morgan fingerprint density at radius 1 is 1.08 bits per heavy atom. The second kappa shape index (κ2) is 9.50. The highest BCUT2D eigenvalue weighted by Gasteiger charge is 2.08. The fraction of sp³-hybridized carbons (Fsp3) is 0.263. The Morgan fingerprint density at radius 2 is 1.88 bits per heavy atom. The van der Waals surface area contributed by atoms with E-state index in [0.29, 0.717) is 12.1 Å². The Balaban J connectivity index is 1.83. The molecule has 7 heteroatoms. The van der Waals surface area contributed by atoms with Crippen LogP contribution in [0, 0.1) is 11.6 Å². The summed E-state index contributed by atoms with van der Waals surface area (Å²) in [6.07, 6.45) is 1.20. The lowest BCUT2D eigenvalue weighted by Gasteiger charge is -2.10. The predicted molar refractivity (Wildman–Crippen MR) is 93.7 cm³/mol. The van der Waals surface area contributed by atoms with Gasteiger partial charge in [0.2, 0.25) is 5.91 Å². The third-order valence-electron chi connectivity index (χ3n) is 3.43. The van der Waals surface area contributed by atoms with Crippen LogP contribution in [0.5, 0.6) is 5.75 Å². The fourth-order valence-corrected chi connectivity index (χ4v) is 2.19. The molecule has 2 amide bonds. The van der Waals surface area contributed by atoms with Gasteiger partial charge in [0.05, 0.1) is 0 Å². The van der Waals surface area contributed by atoms with E-state index < -0.39 is 24.1 Å². The number of carbonyl (C=O) groups excluding carboxylic acids is 2. The van der Waals surface area contributed by atoms with Gasteiger partial charge in [0, 0.05) is 24.7 Å². The molecule has 0 unspecified atom stereocenters. The van der Waals surface area contributed by atoms with Crippen molar-refractivity contribution in [2.24, 2.45) is 0 Å². The second-order valence-electron chi connectivity index (χ2n) is 5.64. The first-order chi connectivity index (χ1) is 12.5. The number of hydrogen-bond acceptors (Lipinski definition) is 3. The molecule has 2 N–H and O–H groups in total. The van der Waals surface area contributed by atoms with Gasteiger partial charge in [-0.25, -0.2) is 8.78 Å². The Hall–Kier alpha value is -2.96. The Labute approximate surface area is 150 Å². The first-order valence-electron chi connectivity index (χ1n) is 8.21. The molecule has 0 saturated heterocycles. The number of benzene rings is 2. The van der Waals surface area contributed by atoms with Crippen LogP contribution in [-0.2, 0) is 16.1 Å². The molecule has 0 atom stereocenters. The number of nitrogens with one attached hydrogen (secondary N) is 2. The molecule has 2 rings (SSSR count). The quantitative estimate of drug-likeness (QED) is 0.756. The van der Waals surface area contributed by atoms with Gasteiger partial charge in [-0.3, -0.25) is 9.59 Å². The van der Waals surface area contributed by atoms with E-state index >= 15 is 0 Å². The first-order valence-corrected chi connectivity index (χ1v) is 8.21. The Kier molecular flexibility index (Phi) is 7.08. The van der Waals surface area contributed by atoms with E-state index in [9.17, 15) is 18.4 Å². The van der Waals surface area contributed by atoms with Crippen molar-refractivity contribution in [3.05, 3.63) is 59.7 Å². The highest BCUT2D eigenvalue weighted by atomic mass is 19.1. The number of halogens is 2. The van der Waals surface area contributed by atoms with E-state index in [4.69, 9.17) is 4.74 Å². The number of carbonyl (C=O) groups is 2. The van der Waals surface area contributed by atoms with Gasteiger partial charge in [-0.15, -0.1) is 0 Å². The minimum atomic E-state index is -0.741. The smallest absolute Gasteiger partial charge is 0.258 e. The number of anilines is 1. The van der Waals surface area contributed by atoms with E-state index in [1.165, 1.54) is 0 Å². The van der Waals surface area contributed by atoms with Crippen molar-refractivity contribution in [1.82, 2.24) is 5.32 Å². The van der Waals surface area contributed by atoms with Crippen molar-refractivity contribution in [2.75, 3.05) is 11.9 Å². The summed E-state index contributed by atoms with van der Waals surface area (Å²) < 4.78 is 31.4. The highest BCUT2D eigenvalue weighted by molar-refractivity contribution is 5.90. The van der Waals surface area contributed by atoms with Gasteiger partial charge in [0.1, 0.15) is 5.82 Å². The van der Waals surface area contributed by atoms with Crippen LogP contribution in [0.3, 0.4) is 0 Å². The van der Waals surface area contributed by atoms with E-state index in [2.05, 4.69) is 10.6 Å². The van der Waals surface area contributed by atoms with Crippen molar-refractivity contribution in [3.8, 4) is 5.75 Å². The number of ether oxygens (including phenoxy) is 1. The molecular formula is C19H20F2N2O3. The summed E-state index contributed by atoms with van der Waals surface area (Å²) in [4.78, 5) is 23.4. The van der Waals surface area contributed by atoms with E-state index in [-0.39, 0.29) is 18.2 Å². The predicted octanol–water partition coefficient (Wildman–Crippen LogP) is 3.40. The van der Waals surface area contributed by atoms with E-state index in [1.54, 1.807) is 24.3 Å². The zero-order chi connectivity index (χ0) is 18.9. The van der Waals surface area contributed by atoms with Gasteiger partial charge in [0.25, 0.3) is 5.91 Å².